The Morgan fingerprint density at radius 2 is 2.27 bits per heavy atom. The first-order valence-corrected chi connectivity index (χ1v) is 6.32. The molecule has 84 valence electrons. The lowest BCUT2D eigenvalue weighted by Gasteiger charge is -2.33. The fraction of sp³-hybridized carbons (Fsp3) is 0.600. The number of alkyl halides is 1. The van der Waals surface area contributed by atoms with Gasteiger partial charge in [-0.05, 0) is 11.4 Å². The molecule has 1 atom stereocenters. The Balaban J connectivity index is 2.12. The van der Waals surface area contributed by atoms with E-state index in [4.69, 9.17) is 11.6 Å². The molecule has 1 aliphatic heterocycles. The van der Waals surface area contributed by atoms with Crippen LogP contribution in [0.1, 0.15) is 10.9 Å². The van der Waals surface area contributed by atoms with Crippen LogP contribution in [0.25, 0.3) is 0 Å². The molecule has 2 rings (SSSR count). The second kappa shape index (κ2) is 5.25. The van der Waals surface area contributed by atoms with E-state index in [0.717, 1.165) is 31.1 Å². The summed E-state index contributed by atoms with van der Waals surface area (Å²) in [5.74, 6) is 0. The van der Waals surface area contributed by atoms with E-state index < -0.39 is 0 Å². The summed E-state index contributed by atoms with van der Waals surface area (Å²) < 4.78 is 13.1. The van der Waals surface area contributed by atoms with Gasteiger partial charge in [0.15, 0.2) is 0 Å². The smallest absolute Gasteiger partial charge is 0.110 e. The molecule has 0 aliphatic carbocycles. The standard InChI is InChI=1S/C10H14ClFN2S/c11-8-1-6-15-10(8)9(7-12)14-4-2-13-3-5-14/h1,6,9,13H,2-5,7H2/t9-/m0/s1. The molecule has 0 amide bonds. The van der Waals surface area contributed by atoms with Crippen LogP contribution in [0.15, 0.2) is 11.4 Å². The van der Waals surface area contributed by atoms with Gasteiger partial charge in [-0.2, -0.15) is 0 Å². The number of thiophene rings is 1. The number of hydrogen-bond donors (Lipinski definition) is 1. The maximum Gasteiger partial charge on any atom is 0.110 e. The zero-order valence-electron chi connectivity index (χ0n) is 8.38. The van der Waals surface area contributed by atoms with Crippen LogP contribution in [-0.4, -0.2) is 37.8 Å². The summed E-state index contributed by atoms with van der Waals surface area (Å²) in [6, 6.07) is 1.69. The summed E-state index contributed by atoms with van der Waals surface area (Å²) in [4.78, 5) is 3.12. The third kappa shape index (κ3) is 2.50. The van der Waals surface area contributed by atoms with Gasteiger partial charge in [-0.15, -0.1) is 11.3 Å². The monoisotopic (exact) mass is 248 g/mol. The average Bonchev–Trinajstić information content (AvgIpc) is 2.68. The molecule has 15 heavy (non-hydrogen) atoms. The van der Waals surface area contributed by atoms with Gasteiger partial charge in [0.2, 0.25) is 0 Å². The van der Waals surface area contributed by atoms with E-state index in [1.165, 1.54) is 0 Å². The van der Waals surface area contributed by atoms with Crippen molar-refractivity contribution in [3.8, 4) is 0 Å². The first-order chi connectivity index (χ1) is 7.33. The Bertz CT molecular complexity index is 312. The second-order valence-electron chi connectivity index (χ2n) is 3.59. The summed E-state index contributed by atoms with van der Waals surface area (Å²) in [7, 11) is 0. The van der Waals surface area contributed by atoms with Crippen molar-refractivity contribution in [1.29, 1.82) is 0 Å². The third-order valence-corrected chi connectivity index (χ3v) is 4.15. The first-order valence-electron chi connectivity index (χ1n) is 5.06. The topological polar surface area (TPSA) is 15.3 Å². The third-order valence-electron chi connectivity index (χ3n) is 2.69. The van der Waals surface area contributed by atoms with E-state index in [-0.39, 0.29) is 12.7 Å². The average molecular weight is 249 g/mol. The van der Waals surface area contributed by atoms with Gasteiger partial charge in [-0.25, -0.2) is 4.39 Å². The highest BCUT2D eigenvalue weighted by Gasteiger charge is 2.24. The van der Waals surface area contributed by atoms with Crippen molar-refractivity contribution in [2.75, 3.05) is 32.9 Å². The summed E-state index contributed by atoms with van der Waals surface area (Å²) in [6.45, 7) is 3.28. The van der Waals surface area contributed by atoms with E-state index in [1.54, 1.807) is 11.3 Å². The van der Waals surface area contributed by atoms with Crippen molar-refractivity contribution in [3.63, 3.8) is 0 Å². The molecule has 2 heterocycles. The Morgan fingerprint density at radius 3 is 2.80 bits per heavy atom. The summed E-state index contributed by atoms with van der Waals surface area (Å²) in [5, 5.41) is 5.87. The van der Waals surface area contributed by atoms with Crippen LogP contribution in [0.4, 0.5) is 4.39 Å². The van der Waals surface area contributed by atoms with Crippen molar-refractivity contribution in [3.05, 3.63) is 21.3 Å². The molecule has 0 bridgehead atoms. The minimum absolute atomic E-state index is 0.153. The van der Waals surface area contributed by atoms with Crippen molar-refractivity contribution >= 4 is 22.9 Å². The van der Waals surface area contributed by atoms with Crippen LogP contribution in [0.3, 0.4) is 0 Å². The molecule has 1 aromatic heterocycles. The van der Waals surface area contributed by atoms with Gasteiger partial charge < -0.3 is 5.32 Å². The Morgan fingerprint density at radius 1 is 1.53 bits per heavy atom. The van der Waals surface area contributed by atoms with Crippen molar-refractivity contribution in [2.24, 2.45) is 0 Å². The fourth-order valence-electron chi connectivity index (χ4n) is 1.87. The SMILES string of the molecule is FC[C@@H](c1sccc1Cl)N1CCNCC1. The van der Waals surface area contributed by atoms with E-state index in [0.29, 0.717) is 5.02 Å². The Kier molecular flexibility index (Phi) is 3.97. The molecule has 0 aromatic carbocycles. The zero-order valence-corrected chi connectivity index (χ0v) is 9.95. The van der Waals surface area contributed by atoms with Crippen molar-refractivity contribution in [2.45, 2.75) is 6.04 Å². The predicted molar refractivity (Wildman–Crippen MR) is 62.5 cm³/mol. The summed E-state index contributed by atoms with van der Waals surface area (Å²) >= 11 is 7.58. The highest BCUT2D eigenvalue weighted by Crippen LogP contribution is 2.32. The minimum Gasteiger partial charge on any atom is -0.314 e. The Labute approximate surface area is 98.0 Å². The number of piperazine rings is 1. The van der Waals surface area contributed by atoms with Crippen LogP contribution in [-0.2, 0) is 0 Å². The highest BCUT2D eigenvalue weighted by molar-refractivity contribution is 7.10. The normalized spacial score (nSPS) is 20.4. The van der Waals surface area contributed by atoms with Crippen LogP contribution >= 0.6 is 22.9 Å². The predicted octanol–water partition coefficient (Wildman–Crippen LogP) is 2.32. The second-order valence-corrected chi connectivity index (χ2v) is 4.94. The van der Waals surface area contributed by atoms with Gasteiger partial charge in [0, 0.05) is 31.1 Å². The zero-order chi connectivity index (χ0) is 10.7. The van der Waals surface area contributed by atoms with Crippen molar-refractivity contribution in [1.82, 2.24) is 10.2 Å². The molecule has 1 aliphatic rings. The summed E-state index contributed by atoms with van der Waals surface area (Å²) in [6.07, 6.45) is 0. The summed E-state index contributed by atoms with van der Waals surface area (Å²) in [5.41, 5.74) is 0. The molecule has 2 nitrogen and oxygen atoms in total. The van der Waals surface area contributed by atoms with Crippen LogP contribution in [0, 0.1) is 0 Å². The molecule has 1 N–H and O–H groups in total. The van der Waals surface area contributed by atoms with Gasteiger partial charge in [0.25, 0.3) is 0 Å². The molecule has 1 fully saturated rings. The number of halogens is 2. The molecule has 0 saturated carbocycles. The lowest BCUT2D eigenvalue weighted by molar-refractivity contribution is 0.150. The maximum atomic E-state index is 13.1. The van der Waals surface area contributed by atoms with Crippen LogP contribution in [0.2, 0.25) is 5.02 Å². The fourth-order valence-corrected chi connectivity index (χ4v) is 3.17. The molecule has 1 aromatic rings. The van der Waals surface area contributed by atoms with E-state index in [2.05, 4.69) is 10.2 Å². The van der Waals surface area contributed by atoms with Crippen LogP contribution in [0.5, 0.6) is 0 Å². The van der Waals surface area contributed by atoms with Gasteiger partial charge >= 0.3 is 0 Å². The van der Waals surface area contributed by atoms with E-state index in [1.807, 2.05) is 11.4 Å². The first kappa shape index (κ1) is 11.3. The molecule has 1 saturated heterocycles. The molecule has 0 unspecified atom stereocenters. The van der Waals surface area contributed by atoms with Crippen molar-refractivity contribution < 1.29 is 4.39 Å². The lowest BCUT2D eigenvalue weighted by Crippen LogP contribution is -2.45. The Hall–Kier alpha value is -0.160. The molecule has 0 radical (unpaired) electrons. The van der Waals surface area contributed by atoms with E-state index >= 15 is 0 Å². The number of hydrogen-bond acceptors (Lipinski definition) is 3. The van der Waals surface area contributed by atoms with Gasteiger partial charge in [-0.3, -0.25) is 4.90 Å². The van der Waals surface area contributed by atoms with Gasteiger partial charge in [0.1, 0.15) is 6.67 Å². The number of rotatable bonds is 3. The van der Waals surface area contributed by atoms with E-state index in [9.17, 15) is 4.39 Å². The minimum atomic E-state index is -0.361. The van der Waals surface area contributed by atoms with Gasteiger partial charge in [-0.1, -0.05) is 11.6 Å². The van der Waals surface area contributed by atoms with Gasteiger partial charge in [0.05, 0.1) is 11.1 Å². The molecular formula is C10H14ClFN2S. The molecule has 5 heteroatoms. The lowest BCUT2D eigenvalue weighted by atomic mass is 10.2. The number of nitrogens with one attached hydrogen (secondary N) is 1. The molecule has 0 spiro atoms. The highest BCUT2D eigenvalue weighted by atomic mass is 35.5. The maximum absolute atomic E-state index is 13.1. The van der Waals surface area contributed by atoms with Crippen LogP contribution < -0.4 is 5.32 Å². The quantitative estimate of drug-likeness (QED) is 0.883. The largest absolute Gasteiger partial charge is 0.314 e. The molecular weight excluding hydrogens is 235 g/mol. The number of nitrogens with zero attached hydrogens (tertiary/aromatic N) is 1.